The molecule has 0 radical (unpaired) electrons. The second-order valence-corrected chi connectivity index (χ2v) is 11.8. The molecular weight excluding hydrogens is 532 g/mol. The number of amides is 1. The molecule has 40 heavy (non-hydrogen) atoms. The molecule has 1 fully saturated rings. The van der Waals surface area contributed by atoms with Gasteiger partial charge in [0.25, 0.3) is 15.9 Å². The summed E-state index contributed by atoms with van der Waals surface area (Å²) < 4.78 is 42.5. The number of aromatic nitrogens is 3. The lowest BCUT2D eigenvalue weighted by molar-refractivity contribution is -0.0118. The van der Waals surface area contributed by atoms with E-state index in [2.05, 4.69) is 19.7 Å². The minimum absolute atomic E-state index is 0.0239. The van der Waals surface area contributed by atoms with Crippen LogP contribution in [0, 0.1) is 6.92 Å². The minimum atomic E-state index is -4.43. The molecule has 2 aromatic carbocycles. The molecule has 0 aliphatic carbocycles. The SMILES string of the molecule is COc1c(-n2cc(N)c(C)n2)cc(C(C)(C)N2CCOCC2)cc1S(=O)(=O)NC(=O)c1ccc2ccccc2n1. The third-order valence-corrected chi connectivity index (χ3v) is 8.62. The third-order valence-electron chi connectivity index (χ3n) is 7.28. The first-order valence-electron chi connectivity index (χ1n) is 12.8. The van der Waals surface area contributed by atoms with Crippen molar-refractivity contribution in [2.75, 3.05) is 39.1 Å². The first-order chi connectivity index (χ1) is 19.0. The van der Waals surface area contributed by atoms with Crippen LogP contribution in [0.4, 0.5) is 5.69 Å². The summed E-state index contributed by atoms with van der Waals surface area (Å²) in [6, 6.07) is 13.9. The van der Waals surface area contributed by atoms with Gasteiger partial charge in [-0.1, -0.05) is 24.3 Å². The Morgan fingerprint density at radius 2 is 1.85 bits per heavy atom. The second-order valence-electron chi connectivity index (χ2n) is 10.1. The molecular formula is C28H32N6O5S. The van der Waals surface area contributed by atoms with E-state index in [0.29, 0.717) is 54.5 Å². The molecule has 11 nitrogen and oxygen atoms in total. The standard InChI is InChI=1S/C28H32N6O5S/c1-18-21(29)17-34(31-18)24-15-20(28(2,3)33-11-13-39-14-12-33)16-25(26(24)38-4)40(36,37)32-27(35)23-10-9-19-7-5-6-8-22(19)30-23/h5-10,15-17H,11-14,29H2,1-4H3,(H,32,35). The topological polar surface area (TPSA) is 142 Å². The molecule has 1 amide bonds. The normalized spacial score (nSPS) is 14.8. The summed E-state index contributed by atoms with van der Waals surface area (Å²) in [5, 5.41) is 5.30. The Balaban J connectivity index is 1.62. The molecule has 5 rings (SSSR count). The first-order valence-corrected chi connectivity index (χ1v) is 14.3. The van der Waals surface area contributed by atoms with Crippen LogP contribution in [0.1, 0.15) is 35.6 Å². The number of carbonyl (C=O) groups is 1. The summed E-state index contributed by atoms with van der Waals surface area (Å²) in [6.45, 7) is 8.28. The number of benzene rings is 2. The lowest BCUT2D eigenvalue weighted by Gasteiger charge is -2.41. The number of nitrogens with zero attached hydrogens (tertiary/aromatic N) is 4. The van der Waals surface area contributed by atoms with Crippen molar-refractivity contribution < 1.29 is 22.7 Å². The highest BCUT2D eigenvalue weighted by Crippen LogP contribution is 2.38. The van der Waals surface area contributed by atoms with Gasteiger partial charge < -0.3 is 15.2 Å². The fourth-order valence-electron chi connectivity index (χ4n) is 4.84. The first kappa shape index (κ1) is 27.6. The predicted octanol–water partition coefficient (Wildman–Crippen LogP) is 3.01. The second kappa shape index (κ2) is 10.5. The summed E-state index contributed by atoms with van der Waals surface area (Å²) in [7, 11) is -3.06. The number of nitrogens with two attached hydrogens (primary N) is 1. The van der Waals surface area contributed by atoms with Gasteiger partial charge in [0.05, 0.1) is 43.4 Å². The zero-order valence-corrected chi connectivity index (χ0v) is 23.7. The van der Waals surface area contributed by atoms with Gasteiger partial charge >= 0.3 is 0 Å². The average molecular weight is 565 g/mol. The maximum absolute atomic E-state index is 13.8. The summed E-state index contributed by atoms with van der Waals surface area (Å²) in [6.07, 6.45) is 1.60. The van der Waals surface area contributed by atoms with Crippen LogP contribution in [0.15, 0.2) is 59.6 Å². The van der Waals surface area contributed by atoms with E-state index in [1.165, 1.54) is 17.9 Å². The van der Waals surface area contributed by atoms with Gasteiger partial charge in [-0.05, 0) is 50.6 Å². The van der Waals surface area contributed by atoms with Crippen molar-refractivity contribution in [3.8, 4) is 11.4 Å². The molecule has 1 aliphatic heterocycles. The number of rotatable bonds is 7. The van der Waals surface area contributed by atoms with E-state index < -0.39 is 21.5 Å². The zero-order valence-electron chi connectivity index (χ0n) is 22.8. The van der Waals surface area contributed by atoms with E-state index in [4.69, 9.17) is 15.2 Å². The molecule has 3 heterocycles. The molecule has 2 aromatic heterocycles. The largest absolute Gasteiger partial charge is 0.493 e. The Kier molecular flexibility index (Phi) is 7.25. The number of sulfonamides is 1. The van der Waals surface area contributed by atoms with Crippen molar-refractivity contribution in [2.45, 2.75) is 31.2 Å². The van der Waals surface area contributed by atoms with Crippen LogP contribution in [0.2, 0.25) is 0 Å². The van der Waals surface area contributed by atoms with Gasteiger partial charge in [0.2, 0.25) is 0 Å². The molecule has 0 bridgehead atoms. The number of pyridine rings is 1. The Hall–Kier alpha value is -4.00. The molecule has 12 heteroatoms. The minimum Gasteiger partial charge on any atom is -0.493 e. The zero-order chi connectivity index (χ0) is 28.7. The average Bonchev–Trinajstić information content (AvgIpc) is 3.29. The van der Waals surface area contributed by atoms with Crippen LogP contribution < -0.4 is 15.2 Å². The number of ether oxygens (including phenoxy) is 2. The molecule has 1 aliphatic rings. The monoisotopic (exact) mass is 564 g/mol. The van der Waals surface area contributed by atoms with Crippen LogP contribution >= 0.6 is 0 Å². The lowest BCUT2D eigenvalue weighted by atomic mass is 9.91. The van der Waals surface area contributed by atoms with E-state index in [1.807, 2.05) is 32.0 Å². The summed E-state index contributed by atoms with van der Waals surface area (Å²) in [5.41, 5.74) is 8.13. The van der Waals surface area contributed by atoms with Crippen molar-refractivity contribution in [2.24, 2.45) is 0 Å². The number of hydrogen-bond donors (Lipinski definition) is 2. The summed E-state index contributed by atoms with van der Waals surface area (Å²) in [5.74, 6) is -0.831. The van der Waals surface area contributed by atoms with E-state index >= 15 is 0 Å². The van der Waals surface area contributed by atoms with Gasteiger partial charge in [0.1, 0.15) is 16.3 Å². The highest BCUT2D eigenvalue weighted by atomic mass is 32.2. The molecule has 0 unspecified atom stereocenters. The van der Waals surface area contributed by atoms with Gasteiger partial charge in [0, 0.05) is 24.0 Å². The van der Waals surface area contributed by atoms with Gasteiger partial charge in [-0.2, -0.15) is 5.10 Å². The molecule has 4 aromatic rings. The van der Waals surface area contributed by atoms with Crippen LogP contribution in [0.3, 0.4) is 0 Å². The molecule has 0 saturated carbocycles. The van der Waals surface area contributed by atoms with Crippen LogP contribution in [-0.4, -0.2) is 67.4 Å². The fraction of sp³-hybridized carbons (Fsp3) is 0.321. The Morgan fingerprint density at radius 3 is 2.52 bits per heavy atom. The van der Waals surface area contributed by atoms with Crippen LogP contribution in [-0.2, 0) is 20.3 Å². The molecule has 1 saturated heterocycles. The Morgan fingerprint density at radius 1 is 1.12 bits per heavy atom. The van der Waals surface area contributed by atoms with Crippen molar-refractivity contribution in [1.82, 2.24) is 24.4 Å². The van der Waals surface area contributed by atoms with E-state index in [0.717, 1.165) is 5.39 Å². The Labute approximate surface area is 232 Å². The van der Waals surface area contributed by atoms with Gasteiger partial charge in [-0.25, -0.2) is 22.8 Å². The van der Waals surface area contributed by atoms with Crippen LogP contribution in [0.25, 0.3) is 16.6 Å². The third kappa shape index (κ3) is 5.12. The van der Waals surface area contributed by atoms with E-state index in [9.17, 15) is 13.2 Å². The summed E-state index contributed by atoms with van der Waals surface area (Å²) in [4.78, 5) is 19.5. The smallest absolute Gasteiger partial charge is 0.283 e. The fourth-order valence-corrected chi connectivity index (χ4v) is 6.01. The number of para-hydroxylation sites is 1. The van der Waals surface area contributed by atoms with Gasteiger partial charge in [-0.15, -0.1) is 0 Å². The number of methoxy groups -OCH3 is 1. The van der Waals surface area contributed by atoms with Gasteiger partial charge in [0.15, 0.2) is 5.75 Å². The van der Waals surface area contributed by atoms with E-state index in [1.54, 1.807) is 37.4 Å². The molecule has 0 atom stereocenters. The number of nitrogen functional groups attached to an aromatic ring is 1. The highest BCUT2D eigenvalue weighted by molar-refractivity contribution is 7.90. The molecule has 0 spiro atoms. The van der Waals surface area contributed by atoms with Gasteiger partial charge in [-0.3, -0.25) is 9.69 Å². The predicted molar refractivity (Wildman–Crippen MR) is 151 cm³/mol. The number of carbonyl (C=O) groups excluding carboxylic acids is 1. The maximum atomic E-state index is 13.8. The van der Waals surface area contributed by atoms with Crippen molar-refractivity contribution in [3.05, 3.63) is 71.7 Å². The van der Waals surface area contributed by atoms with Crippen LogP contribution in [0.5, 0.6) is 5.75 Å². The lowest BCUT2D eigenvalue weighted by Crippen LogP contribution is -2.48. The number of anilines is 1. The molecule has 3 N–H and O–H groups in total. The van der Waals surface area contributed by atoms with Crippen molar-refractivity contribution >= 4 is 32.5 Å². The number of morpholine rings is 1. The molecule has 210 valence electrons. The quantitative estimate of drug-likeness (QED) is 0.346. The van der Waals surface area contributed by atoms with E-state index in [-0.39, 0.29) is 16.3 Å². The highest BCUT2D eigenvalue weighted by Gasteiger charge is 2.35. The summed E-state index contributed by atoms with van der Waals surface area (Å²) >= 11 is 0. The number of aryl methyl sites for hydroxylation is 1. The Bertz CT molecular complexity index is 1670. The number of fused-ring (bicyclic) bond motifs is 1. The van der Waals surface area contributed by atoms with Crippen molar-refractivity contribution in [3.63, 3.8) is 0 Å². The number of nitrogens with one attached hydrogen (secondary N) is 1. The number of hydrogen-bond acceptors (Lipinski definition) is 9. The van der Waals surface area contributed by atoms with Crippen molar-refractivity contribution in [1.29, 1.82) is 0 Å². The maximum Gasteiger partial charge on any atom is 0.283 e.